The molecule has 0 aliphatic carbocycles. The van der Waals surface area contributed by atoms with Crippen LogP contribution >= 0.6 is 0 Å². The second kappa shape index (κ2) is 6.64. The Kier molecular flexibility index (Phi) is 4.85. The van der Waals surface area contributed by atoms with Crippen LogP contribution in [0.1, 0.15) is 18.4 Å². The van der Waals surface area contributed by atoms with Gasteiger partial charge in [-0.25, -0.2) is 4.98 Å². The van der Waals surface area contributed by atoms with Gasteiger partial charge in [0.15, 0.2) is 0 Å². The van der Waals surface area contributed by atoms with Gasteiger partial charge >= 0.3 is 12.1 Å². The molecule has 1 saturated heterocycles. The summed E-state index contributed by atoms with van der Waals surface area (Å²) in [5, 5.41) is 11.8. The highest BCUT2D eigenvalue weighted by molar-refractivity contribution is 5.81. The fraction of sp³-hybridized carbons (Fsp3) is 0.500. The van der Waals surface area contributed by atoms with Crippen molar-refractivity contribution in [1.29, 1.82) is 5.26 Å². The maximum Gasteiger partial charge on any atom is 0.471 e. The Bertz CT molecular complexity index is 557. The van der Waals surface area contributed by atoms with Crippen LogP contribution in [0.15, 0.2) is 18.3 Å². The van der Waals surface area contributed by atoms with Crippen LogP contribution in [0.5, 0.6) is 0 Å². The van der Waals surface area contributed by atoms with Crippen LogP contribution in [-0.2, 0) is 4.79 Å². The summed E-state index contributed by atoms with van der Waals surface area (Å²) in [5.74, 6) is -0.949. The molecule has 0 saturated carbocycles. The average Bonchev–Trinajstić information content (AvgIpc) is 2.52. The molecule has 0 bridgehead atoms. The molecule has 1 fully saturated rings. The van der Waals surface area contributed by atoms with Gasteiger partial charge in [0.25, 0.3) is 0 Å². The Balaban J connectivity index is 1.78. The maximum atomic E-state index is 12.3. The van der Waals surface area contributed by atoms with E-state index in [0.717, 1.165) is 4.90 Å². The fourth-order valence-electron chi connectivity index (χ4n) is 2.33. The molecule has 0 radical (unpaired) electrons. The number of aromatic nitrogens is 1. The summed E-state index contributed by atoms with van der Waals surface area (Å²) in [4.78, 5) is 16.0. The molecule has 5 nitrogen and oxygen atoms in total. The second-order valence-electron chi connectivity index (χ2n) is 5.16. The zero-order valence-corrected chi connectivity index (χ0v) is 11.7. The van der Waals surface area contributed by atoms with Crippen molar-refractivity contribution in [3.05, 3.63) is 23.9 Å². The van der Waals surface area contributed by atoms with Crippen molar-refractivity contribution in [2.75, 3.05) is 25.0 Å². The maximum absolute atomic E-state index is 12.3. The number of hydrogen-bond acceptors (Lipinski definition) is 4. The number of pyridine rings is 1. The number of carbonyl (C=O) groups excluding carboxylic acids is 1. The zero-order valence-electron chi connectivity index (χ0n) is 11.7. The molecule has 0 spiro atoms. The first-order chi connectivity index (χ1) is 10.4. The summed E-state index contributed by atoms with van der Waals surface area (Å²) in [6, 6.07) is 5.29. The third-order valence-corrected chi connectivity index (χ3v) is 3.61. The van der Waals surface area contributed by atoms with Crippen molar-refractivity contribution in [3.63, 3.8) is 0 Å². The minimum absolute atomic E-state index is 0.117. The predicted molar refractivity (Wildman–Crippen MR) is 72.8 cm³/mol. The number of amides is 1. The smallest absolute Gasteiger partial charge is 0.370 e. The molecule has 1 amide bonds. The Hall–Kier alpha value is -2.30. The minimum Gasteiger partial charge on any atom is -0.370 e. The molecule has 22 heavy (non-hydrogen) atoms. The van der Waals surface area contributed by atoms with Crippen LogP contribution in [-0.4, -0.2) is 41.6 Å². The third kappa shape index (κ3) is 4.10. The summed E-state index contributed by atoms with van der Waals surface area (Å²) in [6.07, 6.45) is -2.30. The molecule has 1 aliphatic rings. The van der Waals surface area contributed by atoms with Gasteiger partial charge in [-0.3, -0.25) is 4.79 Å². The number of likely N-dealkylation sites (tertiary alicyclic amines) is 1. The van der Waals surface area contributed by atoms with E-state index in [0.29, 0.717) is 30.8 Å². The number of hydrogen-bond donors (Lipinski definition) is 1. The summed E-state index contributed by atoms with van der Waals surface area (Å²) < 4.78 is 37.0. The van der Waals surface area contributed by atoms with Gasteiger partial charge in [-0.2, -0.15) is 18.4 Å². The first kappa shape index (κ1) is 16.1. The lowest BCUT2D eigenvalue weighted by molar-refractivity contribution is -0.186. The highest BCUT2D eigenvalue weighted by atomic mass is 19.4. The van der Waals surface area contributed by atoms with Gasteiger partial charge in [0.05, 0.1) is 5.56 Å². The summed E-state index contributed by atoms with van der Waals surface area (Å²) in [5.41, 5.74) is 0.463. The SMILES string of the molecule is N#Cc1ccc(NCC2CCN(C(=O)C(F)(F)F)CC2)nc1. The van der Waals surface area contributed by atoms with Crippen LogP contribution in [0, 0.1) is 17.2 Å². The Morgan fingerprint density at radius 3 is 2.59 bits per heavy atom. The van der Waals surface area contributed by atoms with Crippen molar-refractivity contribution in [3.8, 4) is 6.07 Å². The number of halogens is 3. The monoisotopic (exact) mass is 312 g/mol. The predicted octanol–water partition coefficient (Wildman–Crippen LogP) is 2.17. The number of anilines is 1. The van der Waals surface area contributed by atoms with E-state index in [4.69, 9.17) is 5.26 Å². The lowest BCUT2D eigenvalue weighted by Crippen LogP contribution is -2.46. The number of nitriles is 1. The van der Waals surface area contributed by atoms with Gasteiger partial charge in [-0.05, 0) is 30.9 Å². The number of alkyl halides is 3. The summed E-state index contributed by atoms with van der Waals surface area (Å²) in [7, 11) is 0. The van der Waals surface area contributed by atoms with E-state index in [1.165, 1.54) is 6.20 Å². The number of nitrogens with zero attached hydrogens (tertiary/aromatic N) is 3. The topological polar surface area (TPSA) is 69.0 Å². The molecular formula is C14H15F3N4O. The van der Waals surface area contributed by atoms with E-state index < -0.39 is 12.1 Å². The Labute approximate surface area is 125 Å². The molecule has 1 aliphatic heterocycles. The molecule has 2 heterocycles. The molecular weight excluding hydrogens is 297 g/mol. The van der Waals surface area contributed by atoms with Gasteiger partial charge < -0.3 is 10.2 Å². The zero-order chi connectivity index (χ0) is 16.2. The molecule has 1 aromatic rings. The molecule has 2 rings (SSSR count). The van der Waals surface area contributed by atoms with E-state index in [-0.39, 0.29) is 19.0 Å². The van der Waals surface area contributed by atoms with Crippen molar-refractivity contribution in [2.24, 2.45) is 5.92 Å². The number of piperidine rings is 1. The van der Waals surface area contributed by atoms with Crippen molar-refractivity contribution in [1.82, 2.24) is 9.88 Å². The van der Waals surface area contributed by atoms with Gasteiger partial charge in [-0.1, -0.05) is 0 Å². The first-order valence-corrected chi connectivity index (χ1v) is 6.86. The van der Waals surface area contributed by atoms with E-state index in [2.05, 4.69) is 10.3 Å². The fourth-order valence-corrected chi connectivity index (χ4v) is 2.33. The summed E-state index contributed by atoms with van der Waals surface area (Å²) >= 11 is 0. The molecule has 1 aromatic heterocycles. The molecule has 0 atom stereocenters. The van der Waals surface area contributed by atoms with Crippen molar-refractivity contribution < 1.29 is 18.0 Å². The lowest BCUT2D eigenvalue weighted by Gasteiger charge is -2.32. The van der Waals surface area contributed by atoms with E-state index in [9.17, 15) is 18.0 Å². The van der Waals surface area contributed by atoms with Gasteiger partial charge in [0.1, 0.15) is 11.9 Å². The Morgan fingerprint density at radius 1 is 1.41 bits per heavy atom. The number of rotatable bonds is 3. The molecule has 118 valence electrons. The largest absolute Gasteiger partial charge is 0.471 e. The van der Waals surface area contributed by atoms with Crippen molar-refractivity contribution >= 4 is 11.7 Å². The molecule has 1 N–H and O–H groups in total. The lowest BCUT2D eigenvalue weighted by atomic mass is 9.96. The number of carbonyl (C=O) groups is 1. The Morgan fingerprint density at radius 2 is 2.09 bits per heavy atom. The van der Waals surface area contributed by atoms with Crippen LogP contribution in [0.4, 0.5) is 19.0 Å². The van der Waals surface area contributed by atoms with E-state index in [1.807, 2.05) is 6.07 Å². The van der Waals surface area contributed by atoms with Crippen LogP contribution < -0.4 is 5.32 Å². The quantitative estimate of drug-likeness (QED) is 0.928. The summed E-state index contributed by atoms with van der Waals surface area (Å²) in [6.45, 7) is 0.809. The highest BCUT2D eigenvalue weighted by Gasteiger charge is 2.43. The van der Waals surface area contributed by atoms with Gasteiger partial charge in [-0.15, -0.1) is 0 Å². The average molecular weight is 312 g/mol. The first-order valence-electron chi connectivity index (χ1n) is 6.86. The molecule has 0 aromatic carbocycles. The van der Waals surface area contributed by atoms with Crippen LogP contribution in [0.25, 0.3) is 0 Å². The second-order valence-corrected chi connectivity index (χ2v) is 5.16. The minimum atomic E-state index is -4.79. The standard InChI is InChI=1S/C14H15F3N4O/c15-14(16,17)13(22)21-5-3-10(4-6-21)8-19-12-2-1-11(7-18)9-20-12/h1-2,9-10H,3-6,8H2,(H,19,20). The molecule has 0 unspecified atom stereocenters. The van der Waals surface area contributed by atoms with Crippen molar-refractivity contribution in [2.45, 2.75) is 19.0 Å². The molecule has 8 heteroatoms. The van der Waals surface area contributed by atoms with Crippen LogP contribution in [0.2, 0.25) is 0 Å². The van der Waals surface area contributed by atoms with E-state index in [1.54, 1.807) is 12.1 Å². The third-order valence-electron chi connectivity index (χ3n) is 3.61. The van der Waals surface area contributed by atoms with E-state index >= 15 is 0 Å². The number of nitrogens with one attached hydrogen (secondary N) is 1. The van der Waals surface area contributed by atoms with Gasteiger partial charge in [0.2, 0.25) is 0 Å². The van der Waals surface area contributed by atoms with Gasteiger partial charge in [0, 0.05) is 25.8 Å². The van der Waals surface area contributed by atoms with Crippen LogP contribution in [0.3, 0.4) is 0 Å². The normalized spacial score (nSPS) is 16.2. The highest BCUT2D eigenvalue weighted by Crippen LogP contribution is 2.24.